The van der Waals surface area contributed by atoms with E-state index in [9.17, 15) is 14.4 Å². The summed E-state index contributed by atoms with van der Waals surface area (Å²) in [7, 11) is 0. The second-order valence-electron chi connectivity index (χ2n) is 4.63. The van der Waals surface area contributed by atoms with Gasteiger partial charge in [-0.2, -0.15) is 0 Å². The average Bonchev–Trinajstić information content (AvgIpc) is 2.49. The summed E-state index contributed by atoms with van der Waals surface area (Å²) in [5.74, 6) is -0.325. The zero-order chi connectivity index (χ0) is 15.7. The maximum atomic E-state index is 12.1. The van der Waals surface area contributed by atoms with Gasteiger partial charge in [-0.05, 0) is 36.4 Å². The maximum Gasteiger partial charge on any atom is 0.314 e. The Morgan fingerprint density at radius 1 is 0.955 bits per heavy atom. The van der Waals surface area contributed by atoms with E-state index in [2.05, 4.69) is 15.3 Å². The highest BCUT2D eigenvalue weighted by Crippen LogP contribution is 2.16. The minimum atomic E-state index is -0.745. The highest BCUT2D eigenvalue weighted by Gasteiger charge is 2.07. The molecule has 3 rings (SSSR count). The number of hydrogen-bond acceptors (Lipinski definition) is 3. The molecule has 6 nitrogen and oxygen atoms in total. The second kappa shape index (κ2) is 5.50. The van der Waals surface area contributed by atoms with Gasteiger partial charge in [0.15, 0.2) is 0 Å². The number of benzene rings is 2. The number of amides is 1. The highest BCUT2D eigenvalue weighted by molar-refractivity contribution is 6.31. The fraction of sp³-hybridized carbons (Fsp3) is 0. The van der Waals surface area contributed by atoms with Gasteiger partial charge in [0.25, 0.3) is 5.91 Å². The number of aromatic nitrogens is 2. The van der Waals surface area contributed by atoms with Crippen LogP contribution < -0.4 is 16.4 Å². The van der Waals surface area contributed by atoms with Gasteiger partial charge in [0.2, 0.25) is 0 Å². The molecular weight excluding hydrogens is 306 g/mol. The molecule has 0 atom stereocenters. The largest absolute Gasteiger partial charge is 0.322 e. The first kappa shape index (κ1) is 14.1. The van der Waals surface area contributed by atoms with Gasteiger partial charge in [-0.1, -0.05) is 17.7 Å². The Kier molecular flexibility index (Phi) is 3.52. The zero-order valence-electron chi connectivity index (χ0n) is 11.1. The van der Waals surface area contributed by atoms with E-state index in [1.165, 1.54) is 0 Å². The number of carbonyl (C=O) groups excluding carboxylic acids is 1. The van der Waals surface area contributed by atoms with Gasteiger partial charge in [0.05, 0.1) is 11.0 Å². The Morgan fingerprint density at radius 3 is 2.41 bits per heavy atom. The molecule has 0 unspecified atom stereocenters. The highest BCUT2D eigenvalue weighted by atomic mass is 35.5. The minimum Gasteiger partial charge on any atom is -0.322 e. The number of carbonyl (C=O) groups is 1. The molecular formula is C15H10ClN3O3. The van der Waals surface area contributed by atoms with Gasteiger partial charge in [0, 0.05) is 16.3 Å². The summed E-state index contributed by atoms with van der Waals surface area (Å²) in [6, 6.07) is 11.3. The van der Waals surface area contributed by atoms with Gasteiger partial charge < -0.3 is 15.3 Å². The Labute approximate surface area is 128 Å². The standard InChI is InChI=1S/C15H10ClN3O3/c16-9-3-1-2-8(6-9)13(20)17-10-4-5-11-12(7-10)19-15(22)14(21)18-11/h1-7H,(H,17,20)(H,18,21)(H,19,22). The quantitative estimate of drug-likeness (QED) is 0.632. The average molecular weight is 316 g/mol. The molecule has 0 radical (unpaired) electrons. The number of fused-ring (bicyclic) bond motifs is 1. The summed E-state index contributed by atoms with van der Waals surface area (Å²) in [6.45, 7) is 0. The lowest BCUT2D eigenvalue weighted by Gasteiger charge is -2.06. The van der Waals surface area contributed by atoms with Crippen molar-refractivity contribution in [3.05, 3.63) is 73.8 Å². The molecule has 0 saturated carbocycles. The molecule has 0 saturated heterocycles. The third-order valence-electron chi connectivity index (χ3n) is 3.07. The van der Waals surface area contributed by atoms with Crippen molar-refractivity contribution in [2.75, 3.05) is 5.32 Å². The van der Waals surface area contributed by atoms with Crippen LogP contribution in [0.5, 0.6) is 0 Å². The summed E-state index contributed by atoms with van der Waals surface area (Å²) < 4.78 is 0. The normalized spacial score (nSPS) is 10.6. The number of hydrogen-bond donors (Lipinski definition) is 3. The molecule has 1 amide bonds. The van der Waals surface area contributed by atoms with Crippen LogP contribution in [-0.2, 0) is 0 Å². The van der Waals surface area contributed by atoms with Crippen LogP contribution in [0.2, 0.25) is 5.02 Å². The summed E-state index contributed by atoms with van der Waals surface area (Å²) in [5.41, 5.74) is 0.343. The van der Waals surface area contributed by atoms with Crippen LogP contribution in [0.15, 0.2) is 52.1 Å². The summed E-state index contributed by atoms with van der Waals surface area (Å²) in [5, 5.41) is 3.17. The summed E-state index contributed by atoms with van der Waals surface area (Å²) in [6.07, 6.45) is 0. The molecule has 2 aromatic carbocycles. The molecule has 1 heterocycles. The molecule has 22 heavy (non-hydrogen) atoms. The van der Waals surface area contributed by atoms with E-state index in [0.29, 0.717) is 27.3 Å². The third-order valence-corrected chi connectivity index (χ3v) is 3.30. The van der Waals surface area contributed by atoms with E-state index in [-0.39, 0.29) is 5.91 Å². The number of anilines is 1. The molecule has 110 valence electrons. The number of aromatic amines is 2. The zero-order valence-corrected chi connectivity index (χ0v) is 11.9. The molecule has 0 fully saturated rings. The maximum absolute atomic E-state index is 12.1. The molecule has 1 aromatic heterocycles. The Morgan fingerprint density at radius 2 is 1.68 bits per heavy atom. The van der Waals surface area contributed by atoms with Crippen LogP contribution in [0, 0.1) is 0 Å². The molecule has 0 aliphatic heterocycles. The monoisotopic (exact) mass is 315 g/mol. The van der Waals surface area contributed by atoms with E-state index in [0.717, 1.165) is 0 Å². The van der Waals surface area contributed by atoms with Crippen molar-refractivity contribution in [3.63, 3.8) is 0 Å². The third kappa shape index (κ3) is 2.77. The fourth-order valence-electron chi connectivity index (χ4n) is 2.03. The lowest BCUT2D eigenvalue weighted by Crippen LogP contribution is -2.28. The van der Waals surface area contributed by atoms with Gasteiger partial charge in [-0.25, -0.2) is 0 Å². The van der Waals surface area contributed by atoms with Crippen molar-refractivity contribution in [1.82, 2.24) is 9.97 Å². The van der Waals surface area contributed by atoms with Gasteiger partial charge >= 0.3 is 11.1 Å². The number of rotatable bonds is 2. The lowest BCUT2D eigenvalue weighted by molar-refractivity contribution is 0.102. The Bertz CT molecular complexity index is 991. The first-order valence-corrected chi connectivity index (χ1v) is 6.74. The van der Waals surface area contributed by atoms with Gasteiger partial charge in [-0.3, -0.25) is 14.4 Å². The van der Waals surface area contributed by atoms with Crippen LogP contribution >= 0.6 is 11.6 Å². The van der Waals surface area contributed by atoms with Gasteiger partial charge in [-0.15, -0.1) is 0 Å². The molecule has 0 aliphatic carbocycles. The fourth-order valence-corrected chi connectivity index (χ4v) is 2.22. The van der Waals surface area contributed by atoms with Crippen LogP contribution in [0.25, 0.3) is 11.0 Å². The van der Waals surface area contributed by atoms with Gasteiger partial charge in [0.1, 0.15) is 0 Å². The van der Waals surface area contributed by atoms with Crippen LogP contribution in [0.1, 0.15) is 10.4 Å². The number of nitrogens with one attached hydrogen (secondary N) is 3. The second-order valence-corrected chi connectivity index (χ2v) is 5.07. The van der Waals surface area contributed by atoms with E-state index in [1.54, 1.807) is 42.5 Å². The van der Waals surface area contributed by atoms with E-state index >= 15 is 0 Å². The molecule has 3 aromatic rings. The number of halogens is 1. The summed E-state index contributed by atoms with van der Waals surface area (Å²) in [4.78, 5) is 39.6. The van der Waals surface area contributed by atoms with E-state index in [4.69, 9.17) is 11.6 Å². The topological polar surface area (TPSA) is 94.8 Å². The molecule has 0 aliphatic rings. The predicted octanol–water partition coefficient (Wildman–Crippen LogP) is 2.12. The SMILES string of the molecule is O=C(Nc1ccc2[nH]c(=O)c(=O)[nH]c2c1)c1cccc(Cl)c1. The smallest absolute Gasteiger partial charge is 0.314 e. The van der Waals surface area contributed by atoms with E-state index in [1.807, 2.05) is 0 Å². The van der Waals surface area contributed by atoms with Crippen LogP contribution in [-0.4, -0.2) is 15.9 Å². The molecule has 7 heteroatoms. The lowest BCUT2D eigenvalue weighted by atomic mass is 10.2. The minimum absolute atomic E-state index is 0.325. The van der Waals surface area contributed by atoms with Crippen molar-refractivity contribution in [1.29, 1.82) is 0 Å². The Balaban J connectivity index is 1.94. The molecule has 3 N–H and O–H groups in total. The predicted molar refractivity (Wildman–Crippen MR) is 84.6 cm³/mol. The molecule has 0 bridgehead atoms. The first-order valence-electron chi connectivity index (χ1n) is 6.36. The molecule has 0 spiro atoms. The summed E-state index contributed by atoms with van der Waals surface area (Å²) >= 11 is 5.85. The van der Waals surface area contributed by atoms with E-state index < -0.39 is 11.1 Å². The Hall–Kier alpha value is -2.86. The van der Waals surface area contributed by atoms with Crippen molar-refractivity contribution in [2.24, 2.45) is 0 Å². The van der Waals surface area contributed by atoms with Crippen molar-refractivity contribution in [3.8, 4) is 0 Å². The van der Waals surface area contributed by atoms with Crippen molar-refractivity contribution >= 4 is 34.2 Å². The van der Waals surface area contributed by atoms with Crippen molar-refractivity contribution in [2.45, 2.75) is 0 Å². The van der Waals surface area contributed by atoms with Crippen LogP contribution in [0.3, 0.4) is 0 Å². The van der Waals surface area contributed by atoms with Crippen LogP contribution in [0.4, 0.5) is 5.69 Å². The number of H-pyrrole nitrogens is 2. The first-order chi connectivity index (χ1) is 10.5. The van der Waals surface area contributed by atoms with Crippen molar-refractivity contribution < 1.29 is 4.79 Å².